The molecule has 0 aliphatic carbocycles. The minimum atomic E-state index is -0.146. The van der Waals surface area contributed by atoms with Crippen molar-refractivity contribution >= 4 is 29.2 Å². The number of hydrogen-bond acceptors (Lipinski definition) is 6. The molecule has 3 rings (SSSR count). The average molecular weight is 400 g/mol. The summed E-state index contributed by atoms with van der Waals surface area (Å²) in [6.45, 7) is 7.65. The summed E-state index contributed by atoms with van der Waals surface area (Å²) in [4.78, 5) is 25.5. The van der Waals surface area contributed by atoms with E-state index in [1.807, 2.05) is 26.0 Å². The largest absolute Gasteiger partial charge is 0.387 e. The Morgan fingerprint density at radius 1 is 1.31 bits per heavy atom. The van der Waals surface area contributed by atoms with Crippen LogP contribution < -0.4 is 16.4 Å². The number of carbonyl (C=O) groups is 1. The van der Waals surface area contributed by atoms with Crippen LogP contribution in [0.5, 0.6) is 0 Å². The SMILES string of the molecule is CCCN(OCC)C(=O)C1=Cc2ccc(N3CCC(CN)CC3)cc2N=C(N)C1. The molecule has 29 heavy (non-hydrogen) atoms. The monoisotopic (exact) mass is 399 g/mol. The van der Waals surface area contributed by atoms with Crippen molar-refractivity contribution in [3.05, 3.63) is 29.3 Å². The van der Waals surface area contributed by atoms with E-state index in [0.717, 1.165) is 55.8 Å². The van der Waals surface area contributed by atoms with Crippen LogP contribution in [0.4, 0.5) is 11.4 Å². The molecule has 1 aromatic rings. The minimum absolute atomic E-state index is 0.146. The van der Waals surface area contributed by atoms with Gasteiger partial charge in [0.25, 0.3) is 5.91 Å². The molecule has 2 aliphatic rings. The Labute approximate surface area is 173 Å². The standard InChI is InChI=1S/C22H33N5O2/c1-3-9-27(29-4-2)22(28)18-12-17-5-6-19(14-20(17)25-21(24)13-18)26-10-7-16(15-23)8-11-26/h5-6,12,14,16H,3-4,7-11,13,15,23H2,1-2H3,(H2,24,25). The number of hydrogen-bond donors (Lipinski definition) is 2. The second-order valence-electron chi connectivity index (χ2n) is 7.68. The van der Waals surface area contributed by atoms with E-state index in [2.05, 4.69) is 22.0 Å². The lowest BCUT2D eigenvalue weighted by molar-refractivity contribution is -0.180. The van der Waals surface area contributed by atoms with Gasteiger partial charge in [0.2, 0.25) is 0 Å². The van der Waals surface area contributed by atoms with Crippen LogP contribution in [-0.4, -0.2) is 49.6 Å². The van der Waals surface area contributed by atoms with E-state index in [4.69, 9.17) is 16.3 Å². The number of anilines is 1. The molecule has 4 N–H and O–H groups in total. The molecule has 2 heterocycles. The fraction of sp³-hybridized carbons (Fsp3) is 0.545. The molecule has 0 unspecified atom stereocenters. The maximum atomic E-state index is 13.0. The molecule has 1 aromatic carbocycles. The van der Waals surface area contributed by atoms with Crippen LogP contribution in [0.2, 0.25) is 0 Å². The highest BCUT2D eigenvalue weighted by molar-refractivity contribution is 6.05. The highest BCUT2D eigenvalue weighted by Gasteiger charge is 2.23. The fourth-order valence-electron chi connectivity index (χ4n) is 3.88. The highest BCUT2D eigenvalue weighted by atomic mass is 16.7. The van der Waals surface area contributed by atoms with Crippen molar-refractivity contribution in [2.45, 2.75) is 39.5 Å². The quantitative estimate of drug-likeness (QED) is 0.687. The van der Waals surface area contributed by atoms with E-state index in [-0.39, 0.29) is 5.91 Å². The maximum Gasteiger partial charge on any atom is 0.273 e. The van der Waals surface area contributed by atoms with E-state index in [1.54, 1.807) is 0 Å². The van der Waals surface area contributed by atoms with Gasteiger partial charge in [0.1, 0.15) is 5.84 Å². The van der Waals surface area contributed by atoms with Crippen molar-refractivity contribution in [1.29, 1.82) is 0 Å². The Morgan fingerprint density at radius 2 is 2.07 bits per heavy atom. The topological polar surface area (TPSA) is 97.2 Å². The normalized spacial score (nSPS) is 17.3. The summed E-state index contributed by atoms with van der Waals surface area (Å²) in [5.74, 6) is 0.913. The minimum Gasteiger partial charge on any atom is -0.387 e. The molecule has 1 amide bonds. The zero-order chi connectivity index (χ0) is 20.8. The Kier molecular flexibility index (Phi) is 7.28. The zero-order valence-electron chi connectivity index (χ0n) is 17.6. The summed E-state index contributed by atoms with van der Waals surface area (Å²) in [5, 5.41) is 1.43. The van der Waals surface area contributed by atoms with Crippen LogP contribution in [0.15, 0.2) is 28.8 Å². The average Bonchev–Trinajstić information content (AvgIpc) is 2.90. The number of piperidine rings is 1. The molecular formula is C22H33N5O2. The van der Waals surface area contributed by atoms with Gasteiger partial charge in [-0.25, -0.2) is 10.1 Å². The van der Waals surface area contributed by atoms with E-state index in [0.29, 0.717) is 36.9 Å². The summed E-state index contributed by atoms with van der Waals surface area (Å²) in [6, 6.07) is 6.20. The first-order chi connectivity index (χ1) is 14.0. The first kappa shape index (κ1) is 21.3. The van der Waals surface area contributed by atoms with Crippen molar-refractivity contribution in [3.8, 4) is 0 Å². The first-order valence-corrected chi connectivity index (χ1v) is 10.6. The number of hydroxylamine groups is 2. The van der Waals surface area contributed by atoms with Crippen molar-refractivity contribution < 1.29 is 9.63 Å². The molecule has 0 bridgehead atoms. The predicted octanol–water partition coefficient (Wildman–Crippen LogP) is 2.83. The molecule has 0 saturated carbocycles. The van der Waals surface area contributed by atoms with Gasteiger partial charge in [0.15, 0.2) is 0 Å². The molecule has 1 saturated heterocycles. The predicted molar refractivity (Wildman–Crippen MR) is 118 cm³/mol. The molecule has 158 valence electrons. The number of amides is 1. The van der Waals surface area contributed by atoms with Gasteiger partial charge in [-0.3, -0.25) is 9.63 Å². The molecule has 0 radical (unpaired) electrons. The lowest BCUT2D eigenvalue weighted by Crippen LogP contribution is -2.36. The first-order valence-electron chi connectivity index (χ1n) is 10.6. The third-order valence-electron chi connectivity index (χ3n) is 5.51. The van der Waals surface area contributed by atoms with Gasteiger partial charge in [0, 0.05) is 42.9 Å². The molecule has 0 spiro atoms. The van der Waals surface area contributed by atoms with E-state index < -0.39 is 0 Å². The molecule has 0 aromatic heterocycles. The summed E-state index contributed by atoms with van der Waals surface area (Å²) in [5.41, 5.74) is 15.4. The van der Waals surface area contributed by atoms with Crippen molar-refractivity contribution in [2.75, 3.05) is 37.7 Å². The van der Waals surface area contributed by atoms with Crippen LogP contribution in [0.3, 0.4) is 0 Å². The molecule has 1 fully saturated rings. The summed E-state index contributed by atoms with van der Waals surface area (Å²) < 4.78 is 0. The molecule has 7 heteroatoms. The number of aliphatic imine (C=N–C) groups is 1. The van der Waals surface area contributed by atoms with Gasteiger partial charge in [0.05, 0.1) is 12.3 Å². The lowest BCUT2D eigenvalue weighted by Gasteiger charge is -2.33. The highest BCUT2D eigenvalue weighted by Crippen LogP contribution is 2.32. The molecule has 0 atom stereocenters. The lowest BCUT2D eigenvalue weighted by atomic mass is 9.96. The fourth-order valence-corrected chi connectivity index (χ4v) is 3.88. The smallest absolute Gasteiger partial charge is 0.273 e. The van der Waals surface area contributed by atoms with Crippen molar-refractivity contribution in [2.24, 2.45) is 22.4 Å². The summed E-state index contributed by atoms with van der Waals surface area (Å²) in [6.07, 6.45) is 5.26. The van der Waals surface area contributed by atoms with E-state index in [1.165, 1.54) is 5.06 Å². The number of nitrogens with zero attached hydrogens (tertiary/aromatic N) is 3. The molecule has 7 nitrogen and oxygen atoms in total. The Bertz CT molecular complexity index is 775. The van der Waals surface area contributed by atoms with Gasteiger partial charge >= 0.3 is 0 Å². The van der Waals surface area contributed by atoms with Crippen LogP contribution in [0.25, 0.3) is 6.08 Å². The second-order valence-corrected chi connectivity index (χ2v) is 7.68. The van der Waals surface area contributed by atoms with Crippen molar-refractivity contribution in [1.82, 2.24) is 5.06 Å². The van der Waals surface area contributed by atoms with Gasteiger partial charge < -0.3 is 16.4 Å². The number of amidine groups is 1. The Hall–Kier alpha value is -2.38. The van der Waals surface area contributed by atoms with Crippen LogP contribution in [0.1, 0.15) is 45.1 Å². The third-order valence-corrected chi connectivity index (χ3v) is 5.51. The molecular weight excluding hydrogens is 366 g/mol. The van der Waals surface area contributed by atoms with Gasteiger partial charge in [-0.15, -0.1) is 0 Å². The Morgan fingerprint density at radius 3 is 2.72 bits per heavy atom. The summed E-state index contributed by atoms with van der Waals surface area (Å²) in [7, 11) is 0. The second kappa shape index (κ2) is 9.89. The van der Waals surface area contributed by atoms with E-state index >= 15 is 0 Å². The third kappa shape index (κ3) is 5.16. The van der Waals surface area contributed by atoms with Crippen LogP contribution in [-0.2, 0) is 9.63 Å². The van der Waals surface area contributed by atoms with Gasteiger partial charge in [-0.2, -0.15) is 0 Å². The Balaban J connectivity index is 1.84. The van der Waals surface area contributed by atoms with E-state index in [9.17, 15) is 4.79 Å². The number of carbonyl (C=O) groups excluding carboxylic acids is 1. The van der Waals surface area contributed by atoms with Crippen molar-refractivity contribution in [3.63, 3.8) is 0 Å². The van der Waals surface area contributed by atoms with Crippen LogP contribution >= 0.6 is 0 Å². The number of fused-ring (bicyclic) bond motifs is 1. The number of rotatable bonds is 7. The van der Waals surface area contributed by atoms with Crippen LogP contribution in [0, 0.1) is 5.92 Å². The zero-order valence-corrected chi connectivity index (χ0v) is 17.6. The molecule has 2 aliphatic heterocycles. The van der Waals surface area contributed by atoms with Gasteiger partial charge in [-0.1, -0.05) is 13.0 Å². The van der Waals surface area contributed by atoms with Gasteiger partial charge in [-0.05, 0) is 56.9 Å². The maximum absolute atomic E-state index is 13.0. The number of nitrogens with two attached hydrogens (primary N) is 2. The summed E-state index contributed by atoms with van der Waals surface area (Å²) >= 11 is 0. The number of benzene rings is 1.